The largest absolute Gasteiger partial charge is 0.309 e. The van der Waals surface area contributed by atoms with E-state index in [9.17, 15) is 0 Å². The first-order valence-electron chi connectivity index (χ1n) is 7.56. The van der Waals surface area contributed by atoms with Crippen molar-refractivity contribution < 1.29 is 0 Å². The molecule has 21 heavy (non-hydrogen) atoms. The summed E-state index contributed by atoms with van der Waals surface area (Å²) in [7, 11) is 2.00. The van der Waals surface area contributed by atoms with Gasteiger partial charge in [-0.3, -0.25) is 0 Å². The first-order valence-corrected chi connectivity index (χ1v) is 8.33. The average Bonchev–Trinajstić information content (AvgIpc) is 2.90. The van der Waals surface area contributed by atoms with E-state index in [4.69, 9.17) is 0 Å². The number of nitrogens with zero attached hydrogens (tertiary/aromatic N) is 2. The van der Waals surface area contributed by atoms with Crippen molar-refractivity contribution in [1.29, 1.82) is 0 Å². The lowest BCUT2D eigenvalue weighted by Gasteiger charge is -2.22. The normalized spacial score (nSPS) is 13.4. The minimum Gasteiger partial charge on any atom is -0.309 e. The van der Waals surface area contributed by atoms with Crippen LogP contribution in [0.25, 0.3) is 0 Å². The van der Waals surface area contributed by atoms with Gasteiger partial charge in [0.15, 0.2) is 0 Å². The van der Waals surface area contributed by atoms with Gasteiger partial charge >= 0.3 is 0 Å². The Hall–Kier alpha value is -1.26. The number of benzene rings is 1. The first-order chi connectivity index (χ1) is 9.97. The maximum atomic E-state index is 4.37. The highest BCUT2D eigenvalue weighted by molar-refractivity contribution is 7.05. The van der Waals surface area contributed by atoms with Crippen molar-refractivity contribution >= 4 is 11.5 Å². The van der Waals surface area contributed by atoms with E-state index in [0.29, 0.717) is 0 Å². The fraction of sp³-hybridized carbons (Fsp3) is 0.529. The minimum atomic E-state index is 0.0124. The van der Waals surface area contributed by atoms with Crippen molar-refractivity contribution in [2.24, 2.45) is 0 Å². The van der Waals surface area contributed by atoms with Crippen molar-refractivity contribution in [3.05, 3.63) is 46.0 Å². The molecule has 0 bridgehead atoms. The monoisotopic (exact) mass is 303 g/mol. The van der Waals surface area contributed by atoms with Gasteiger partial charge in [0.2, 0.25) is 0 Å². The smallest absolute Gasteiger partial charge is 0.0860 e. The second-order valence-electron chi connectivity index (χ2n) is 6.45. The molecule has 4 heteroatoms. The van der Waals surface area contributed by atoms with E-state index in [1.165, 1.54) is 34.0 Å². The minimum absolute atomic E-state index is 0.0124. The summed E-state index contributed by atoms with van der Waals surface area (Å²) < 4.78 is 4.19. The highest BCUT2D eigenvalue weighted by Crippen LogP contribution is 2.33. The highest BCUT2D eigenvalue weighted by Gasteiger charge is 2.27. The van der Waals surface area contributed by atoms with Crippen molar-refractivity contribution in [3.63, 3.8) is 0 Å². The molecule has 1 aromatic heterocycles. The zero-order chi connectivity index (χ0) is 15.5. The van der Waals surface area contributed by atoms with Crippen LogP contribution in [0.5, 0.6) is 0 Å². The van der Waals surface area contributed by atoms with Crippen LogP contribution in [-0.4, -0.2) is 16.6 Å². The van der Waals surface area contributed by atoms with Crippen molar-refractivity contribution in [3.8, 4) is 0 Å². The molecule has 0 aliphatic carbocycles. The van der Waals surface area contributed by atoms with Gasteiger partial charge in [0, 0.05) is 5.41 Å². The zero-order valence-corrected chi connectivity index (χ0v) is 14.4. The third-order valence-corrected chi connectivity index (χ3v) is 4.39. The van der Waals surface area contributed by atoms with E-state index >= 15 is 0 Å². The van der Waals surface area contributed by atoms with Crippen molar-refractivity contribution in [1.82, 2.24) is 14.9 Å². The summed E-state index contributed by atoms with van der Waals surface area (Å²) >= 11 is 1.50. The lowest BCUT2D eigenvalue weighted by Crippen LogP contribution is -2.22. The van der Waals surface area contributed by atoms with Gasteiger partial charge in [-0.1, -0.05) is 62.9 Å². The molecule has 0 saturated carbocycles. The quantitative estimate of drug-likeness (QED) is 0.903. The van der Waals surface area contributed by atoms with Gasteiger partial charge in [0.25, 0.3) is 0 Å². The van der Waals surface area contributed by atoms with Crippen molar-refractivity contribution in [2.75, 3.05) is 7.05 Å². The summed E-state index contributed by atoms with van der Waals surface area (Å²) in [6, 6.07) is 9.00. The predicted octanol–water partition coefficient (Wildman–Crippen LogP) is 4.10. The van der Waals surface area contributed by atoms with E-state index in [-0.39, 0.29) is 11.5 Å². The Morgan fingerprint density at radius 2 is 2.05 bits per heavy atom. The zero-order valence-electron chi connectivity index (χ0n) is 13.6. The summed E-state index contributed by atoms with van der Waals surface area (Å²) in [5, 5.41) is 7.80. The molecule has 1 atom stereocenters. The summed E-state index contributed by atoms with van der Waals surface area (Å²) in [5.74, 6) is 0. The summed E-state index contributed by atoms with van der Waals surface area (Å²) in [5.41, 5.74) is 3.79. The number of hydrogen-bond acceptors (Lipinski definition) is 4. The molecule has 1 aromatic carbocycles. The van der Waals surface area contributed by atoms with Crippen molar-refractivity contribution in [2.45, 2.75) is 52.0 Å². The summed E-state index contributed by atoms with van der Waals surface area (Å²) in [6.07, 6.45) is 2.29. The Labute approximate surface area is 132 Å². The molecular weight excluding hydrogens is 278 g/mol. The van der Waals surface area contributed by atoms with Crippen LogP contribution in [-0.2, 0) is 11.8 Å². The van der Waals surface area contributed by atoms with E-state index < -0.39 is 0 Å². The van der Waals surface area contributed by atoms with Gasteiger partial charge < -0.3 is 5.32 Å². The topological polar surface area (TPSA) is 37.8 Å². The second-order valence-corrected chi connectivity index (χ2v) is 7.24. The van der Waals surface area contributed by atoms with Gasteiger partial charge in [-0.2, -0.15) is 0 Å². The Kier molecular flexibility index (Phi) is 5.12. The molecule has 0 saturated heterocycles. The lowest BCUT2D eigenvalue weighted by molar-refractivity contribution is 0.549. The average molecular weight is 303 g/mol. The number of nitrogens with one attached hydrogen (secondary N) is 1. The molecule has 2 rings (SSSR count). The predicted molar refractivity (Wildman–Crippen MR) is 89.9 cm³/mol. The SMILES string of the molecule is CCCc1cccc(C(NC)c2snnc2C(C)(C)C)c1. The van der Waals surface area contributed by atoms with Gasteiger partial charge in [-0.25, -0.2) is 0 Å². The fourth-order valence-electron chi connectivity index (χ4n) is 2.57. The van der Waals surface area contributed by atoms with Crippen LogP contribution in [0, 0.1) is 0 Å². The maximum absolute atomic E-state index is 4.37. The van der Waals surface area contributed by atoms with Crippen LogP contribution in [0.1, 0.15) is 61.9 Å². The Balaban J connectivity index is 2.41. The Morgan fingerprint density at radius 3 is 2.67 bits per heavy atom. The van der Waals surface area contributed by atoms with Gasteiger partial charge in [-0.05, 0) is 36.1 Å². The Bertz CT molecular complexity index is 584. The standard InChI is InChI=1S/C17H25N3S/c1-6-8-12-9-7-10-13(11-12)14(18-5)15-16(17(2,3)4)19-20-21-15/h7,9-11,14,18H,6,8H2,1-5H3. The molecule has 0 radical (unpaired) electrons. The van der Waals surface area contributed by atoms with Crippen LogP contribution >= 0.6 is 11.5 Å². The van der Waals surface area contributed by atoms with Crippen LogP contribution in [0.2, 0.25) is 0 Å². The van der Waals surface area contributed by atoms with Crippen LogP contribution < -0.4 is 5.32 Å². The number of aryl methyl sites for hydroxylation is 1. The molecule has 0 spiro atoms. The van der Waals surface area contributed by atoms with Crippen LogP contribution in [0.15, 0.2) is 24.3 Å². The number of rotatable bonds is 5. The number of hydrogen-bond donors (Lipinski definition) is 1. The molecular formula is C17H25N3S. The summed E-state index contributed by atoms with van der Waals surface area (Å²) in [6.45, 7) is 8.78. The molecule has 2 aromatic rings. The van der Waals surface area contributed by atoms with Crippen LogP contribution in [0.3, 0.4) is 0 Å². The van der Waals surface area contributed by atoms with E-state index in [0.717, 1.165) is 12.1 Å². The summed E-state index contributed by atoms with van der Waals surface area (Å²) in [4.78, 5) is 1.22. The van der Waals surface area contributed by atoms with Gasteiger partial charge in [0.05, 0.1) is 16.6 Å². The van der Waals surface area contributed by atoms with Gasteiger partial charge in [-0.15, -0.1) is 5.10 Å². The van der Waals surface area contributed by atoms with E-state index in [2.05, 4.69) is 66.9 Å². The molecule has 1 unspecified atom stereocenters. The van der Waals surface area contributed by atoms with E-state index in [1.54, 1.807) is 0 Å². The fourth-order valence-corrected chi connectivity index (χ4v) is 3.58. The molecule has 114 valence electrons. The van der Waals surface area contributed by atoms with Gasteiger partial charge in [0.1, 0.15) is 0 Å². The molecule has 1 N–H and O–H groups in total. The molecule has 1 heterocycles. The third kappa shape index (κ3) is 3.69. The molecule has 0 fully saturated rings. The highest BCUT2D eigenvalue weighted by atomic mass is 32.1. The molecule has 0 aliphatic rings. The first kappa shape index (κ1) is 16.1. The number of aromatic nitrogens is 2. The van der Waals surface area contributed by atoms with Crippen LogP contribution in [0.4, 0.5) is 0 Å². The third-order valence-electron chi connectivity index (χ3n) is 3.60. The molecule has 3 nitrogen and oxygen atoms in total. The molecule has 0 aliphatic heterocycles. The second kappa shape index (κ2) is 6.67. The molecule has 0 amide bonds. The maximum Gasteiger partial charge on any atom is 0.0860 e. The van der Waals surface area contributed by atoms with E-state index in [1.807, 2.05) is 7.05 Å². The Morgan fingerprint density at radius 1 is 1.29 bits per heavy atom. The lowest BCUT2D eigenvalue weighted by atomic mass is 9.88.